The van der Waals surface area contributed by atoms with Crippen LogP contribution in [0, 0.1) is 6.92 Å². The van der Waals surface area contributed by atoms with Crippen molar-refractivity contribution in [1.82, 2.24) is 9.71 Å². The SMILES string of the molecule is Cc1ccc(S(=O)(=O)N[C@H](Cc2ccccc2)C(=O)Nc2cccc([C@H]3O[C@@H](CSc4nc5ccccc5s4)C[C@@H](c4ccc(CO)cc4)O3)c2)cc1. The second-order valence-electron chi connectivity index (χ2n) is 12.9. The van der Waals surface area contributed by atoms with Gasteiger partial charge in [-0.1, -0.05) is 108 Å². The minimum absolute atomic E-state index is 0.0446. The molecule has 3 N–H and O–H groups in total. The number of sulfonamides is 1. The van der Waals surface area contributed by atoms with Gasteiger partial charge in [0.2, 0.25) is 15.9 Å². The molecule has 2 heterocycles. The maximum absolute atomic E-state index is 13.9. The number of aliphatic hydroxyl groups excluding tert-OH is 1. The quantitative estimate of drug-likeness (QED) is 0.101. The van der Waals surface area contributed by atoms with Crippen molar-refractivity contribution in [2.45, 2.75) is 60.1 Å². The highest BCUT2D eigenvalue weighted by Crippen LogP contribution is 2.40. The molecule has 7 rings (SSSR count). The lowest BCUT2D eigenvalue weighted by atomic mass is 10.0. The van der Waals surface area contributed by atoms with E-state index in [0.29, 0.717) is 23.4 Å². The Labute approximate surface area is 317 Å². The Morgan fingerprint density at radius 1 is 0.887 bits per heavy atom. The Morgan fingerprint density at radius 3 is 2.40 bits per heavy atom. The number of aromatic nitrogens is 1. The normalized spacial score (nSPS) is 18.1. The summed E-state index contributed by atoms with van der Waals surface area (Å²) in [6.07, 6.45) is -0.447. The molecule has 0 saturated carbocycles. The predicted octanol–water partition coefficient (Wildman–Crippen LogP) is 7.96. The van der Waals surface area contributed by atoms with Crippen LogP contribution in [0.4, 0.5) is 5.69 Å². The molecule has 1 amide bonds. The van der Waals surface area contributed by atoms with Crippen LogP contribution >= 0.6 is 23.1 Å². The van der Waals surface area contributed by atoms with Gasteiger partial charge in [0, 0.05) is 23.4 Å². The molecule has 9 nitrogen and oxygen atoms in total. The van der Waals surface area contributed by atoms with E-state index >= 15 is 0 Å². The second-order valence-corrected chi connectivity index (χ2v) is 16.9. The van der Waals surface area contributed by atoms with E-state index in [9.17, 15) is 18.3 Å². The van der Waals surface area contributed by atoms with Crippen LogP contribution in [0.5, 0.6) is 0 Å². The number of thioether (sulfide) groups is 1. The Balaban J connectivity index is 1.10. The molecule has 1 aliphatic heterocycles. The fraction of sp³-hybridized carbons (Fsp3) is 0.220. The summed E-state index contributed by atoms with van der Waals surface area (Å²) in [6, 6.07) is 37.8. The van der Waals surface area contributed by atoms with Gasteiger partial charge < -0.3 is 19.9 Å². The van der Waals surface area contributed by atoms with Crippen LogP contribution in [-0.2, 0) is 37.3 Å². The number of aryl methyl sites for hydroxylation is 1. The van der Waals surface area contributed by atoms with E-state index in [0.717, 1.165) is 36.8 Å². The average molecular weight is 766 g/mol. The molecule has 6 aromatic rings. The van der Waals surface area contributed by atoms with Gasteiger partial charge in [0.25, 0.3) is 0 Å². The highest BCUT2D eigenvalue weighted by Gasteiger charge is 2.33. The summed E-state index contributed by atoms with van der Waals surface area (Å²) in [5.74, 6) is 0.156. The standard InChI is InChI=1S/C41H39N3O6S3/c1-27-14-20-34(21-15-27)53(47,48)44-36(22-28-8-3-2-4-9-28)39(46)42-32-11-7-10-31(23-32)40-49-33(24-37(50-40)30-18-16-29(25-45)17-19-30)26-51-41-43-35-12-5-6-13-38(35)52-41/h2-21,23,33,36-37,40,44-45H,22,24-26H2,1H3,(H,42,46)/t33-,36-,37+,40+/m1/s1. The number of nitrogens with one attached hydrogen (secondary N) is 2. The van der Waals surface area contributed by atoms with Crippen LogP contribution in [0.25, 0.3) is 10.2 Å². The molecule has 1 aliphatic rings. The summed E-state index contributed by atoms with van der Waals surface area (Å²) >= 11 is 3.31. The minimum Gasteiger partial charge on any atom is -0.392 e. The Morgan fingerprint density at radius 2 is 1.64 bits per heavy atom. The molecule has 4 atom stereocenters. The van der Waals surface area contributed by atoms with Gasteiger partial charge in [-0.25, -0.2) is 13.4 Å². The summed E-state index contributed by atoms with van der Waals surface area (Å²) < 4.78 is 44.7. The first-order chi connectivity index (χ1) is 25.7. The fourth-order valence-corrected chi connectivity index (χ4v) is 9.41. The van der Waals surface area contributed by atoms with Crippen molar-refractivity contribution in [2.24, 2.45) is 0 Å². The molecule has 272 valence electrons. The number of fused-ring (bicyclic) bond motifs is 1. The lowest BCUT2D eigenvalue weighted by Gasteiger charge is -2.36. The van der Waals surface area contributed by atoms with Crippen LogP contribution in [0.2, 0.25) is 0 Å². The van der Waals surface area contributed by atoms with Crippen LogP contribution in [0.1, 0.15) is 46.6 Å². The maximum Gasteiger partial charge on any atom is 0.242 e. The van der Waals surface area contributed by atoms with Crippen molar-refractivity contribution in [3.63, 3.8) is 0 Å². The highest BCUT2D eigenvalue weighted by molar-refractivity contribution is 8.01. The largest absolute Gasteiger partial charge is 0.392 e. The third kappa shape index (κ3) is 9.40. The van der Waals surface area contributed by atoms with E-state index < -0.39 is 28.3 Å². The molecule has 0 aliphatic carbocycles. The van der Waals surface area contributed by atoms with Crippen LogP contribution in [-0.4, -0.2) is 42.3 Å². The Kier molecular flexibility index (Phi) is 11.7. The number of anilines is 1. The number of amides is 1. The first-order valence-corrected chi connectivity index (χ1v) is 20.5. The third-order valence-electron chi connectivity index (χ3n) is 8.94. The van der Waals surface area contributed by atoms with E-state index in [1.54, 1.807) is 47.4 Å². The summed E-state index contributed by atoms with van der Waals surface area (Å²) in [6.45, 7) is 1.84. The number of carbonyl (C=O) groups excluding carboxylic acids is 1. The topological polar surface area (TPSA) is 127 Å². The molecule has 1 saturated heterocycles. The van der Waals surface area contributed by atoms with Crippen LogP contribution < -0.4 is 10.0 Å². The van der Waals surface area contributed by atoms with Gasteiger partial charge in [0.05, 0.1) is 33.9 Å². The Bertz CT molecular complexity index is 2230. The first-order valence-electron chi connectivity index (χ1n) is 17.2. The molecule has 0 spiro atoms. The third-order valence-corrected chi connectivity index (χ3v) is 12.7. The van der Waals surface area contributed by atoms with Gasteiger partial charge in [0.15, 0.2) is 10.6 Å². The van der Waals surface area contributed by atoms with Crippen molar-refractivity contribution >= 4 is 54.9 Å². The van der Waals surface area contributed by atoms with E-state index in [4.69, 9.17) is 14.5 Å². The summed E-state index contributed by atoms with van der Waals surface area (Å²) in [5, 5.41) is 12.5. The van der Waals surface area contributed by atoms with Gasteiger partial charge in [0.1, 0.15) is 6.04 Å². The van der Waals surface area contributed by atoms with E-state index in [1.165, 1.54) is 12.1 Å². The number of aliphatic hydroxyl groups is 1. The molecule has 0 radical (unpaired) electrons. The first kappa shape index (κ1) is 36.9. The molecular formula is C41H39N3O6S3. The van der Waals surface area contributed by atoms with Crippen LogP contribution in [0.15, 0.2) is 137 Å². The second kappa shape index (κ2) is 16.7. The van der Waals surface area contributed by atoms with Gasteiger partial charge in [-0.3, -0.25) is 4.79 Å². The molecule has 1 aromatic heterocycles. The molecule has 12 heteroatoms. The zero-order valence-electron chi connectivity index (χ0n) is 28.9. The van der Waals surface area contributed by atoms with E-state index in [2.05, 4.69) is 16.1 Å². The average Bonchev–Trinajstić information content (AvgIpc) is 3.61. The van der Waals surface area contributed by atoms with Crippen molar-refractivity contribution < 1.29 is 27.8 Å². The number of carbonyl (C=O) groups is 1. The smallest absolute Gasteiger partial charge is 0.242 e. The number of benzene rings is 5. The summed E-state index contributed by atoms with van der Waals surface area (Å²) in [7, 11) is -4.01. The van der Waals surface area contributed by atoms with Crippen molar-refractivity contribution in [3.8, 4) is 0 Å². The summed E-state index contributed by atoms with van der Waals surface area (Å²) in [4.78, 5) is 18.7. The number of nitrogens with zero attached hydrogens (tertiary/aromatic N) is 1. The highest BCUT2D eigenvalue weighted by atomic mass is 32.2. The van der Waals surface area contributed by atoms with Gasteiger partial charge in [-0.05, 0) is 66.4 Å². The molecule has 0 bridgehead atoms. The number of hydrogen-bond donors (Lipinski definition) is 3. The van der Waals surface area contributed by atoms with E-state index in [1.807, 2.05) is 91.9 Å². The lowest BCUT2D eigenvalue weighted by Crippen LogP contribution is -2.45. The van der Waals surface area contributed by atoms with Crippen molar-refractivity contribution in [3.05, 3.63) is 155 Å². The molecule has 1 fully saturated rings. The molecule has 0 unspecified atom stereocenters. The fourth-order valence-electron chi connectivity index (χ4n) is 6.10. The van der Waals surface area contributed by atoms with Gasteiger partial charge in [-0.2, -0.15) is 4.72 Å². The number of rotatable bonds is 13. The van der Waals surface area contributed by atoms with Crippen molar-refractivity contribution in [2.75, 3.05) is 11.1 Å². The lowest BCUT2D eigenvalue weighted by molar-refractivity contribution is -0.245. The number of para-hydroxylation sites is 1. The predicted molar refractivity (Wildman–Crippen MR) is 209 cm³/mol. The number of hydrogen-bond acceptors (Lipinski definition) is 9. The number of thiazole rings is 1. The zero-order chi connectivity index (χ0) is 36.8. The van der Waals surface area contributed by atoms with Gasteiger partial charge >= 0.3 is 0 Å². The molecular weight excluding hydrogens is 727 g/mol. The maximum atomic E-state index is 13.9. The Hall–Kier alpha value is -4.40. The molecule has 53 heavy (non-hydrogen) atoms. The monoisotopic (exact) mass is 765 g/mol. The molecule has 5 aromatic carbocycles. The van der Waals surface area contributed by atoms with E-state index in [-0.39, 0.29) is 30.1 Å². The minimum atomic E-state index is -4.01. The number of ether oxygens (including phenoxy) is 2. The summed E-state index contributed by atoms with van der Waals surface area (Å²) in [5.41, 5.74) is 5.68. The zero-order valence-corrected chi connectivity index (χ0v) is 31.4. The van der Waals surface area contributed by atoms with Gasteiger partial charge in [-0.15, -0.1) is 11.3 Å². The van der Waals surface area contributed by atoms with Crippen LogP contribution in [0.3, 0.4) is 0 Å². The van der Waals surface area contributed by atoms with Crippen molar-refractivity contribution in [1.29, 1.82) is 0 Å².